The molecular weight excluding hydrogens is 212 g/mol. The SMILES string of the molecule is Cc1cc(C(=O)C=Cc2ccccc2)c(C)o1. The highest BCUT2D eigenvalue weighted by atomic mass is 16.3. The van der Waals surface area contributed by atoms with Gasteiger partial charge in [0.1, 0.15) is 11.5 Å². The van der Waals surface area contributed by atoms with Gasteiger partial charge in [0.25, 0.3) is 0 Å². The normalized spacial score (nSPS) is 10.9. The van der Waals surface area contributed by atoms with Gasteiger partial charge in [0, 0.05) is 0 Å². The number of rotatable bonds is 3. The number of carbonyl (C=O) groups is 1. The van der Waals surface area contributed by atoms with Crippen molar-refractivity contribution >= 4 is 11.9 Å². The Bertz CT molecular complexity index is 548. The molecule has 2 rings (SSSR count). The van der Waals surface area contributed by atoms with Crippen LogP contribution in [-0.2, 0) is 0 Å². The van der Waals surface area contributed by atoms with E-state index in [1.165, 1.54) is 0 Å². The second-order valence-corrected chi connectivity index (χ2v) is 3.94. The summed E-state index contributed by atoms with van der Waals surface area (Å²) in [7, 11) is 0. The van der Waals surface area contributed by atoms with E-state index in [-0.39, 0.29) is 5.78 Å². The van der Waals surface area contributed by atoms with Gasteiger partial charge in [0.15, 0.2) is 5.78 Å². The van der Waals surface area contributed by atoms with E-state index in [2.05, 4.69) is 0 Å². The van der Waals surface area contributed by atoms with Crippen LogP contribution in [0.2, 0.25) is 0 Å². The number of furan rings is 1. The number of carbonyl (C=O) groups excluding carboxylic acids is 1. The minimum Gasteiger partial charge on any atom is -0.466 e. The summed E-state index contributed by atoms with van der Waals surface area (Å²) in [5.74, 6) is 1.41. The van der Waals surface area contributed by atoms with E-state index in [0.717, 1.165) is 11.3 Å². The van der Waals surface area contributed by atoms with Crippen LogP contribution in [0.5, 0.6) is 0 Å². The van der Waals surface area contributed by atoms with Crippen LogP contribution in [-0.4, -0.2) is 5.78 Å². The number of hydrogen-bond donors (Lipinski definition) is 0. The maximum atomic E-state index is 11.9. The van der Waals surface area contributed by atoms with E-state index in [9.17, 15) is 4.79 Å². The third-order valence-electron chi connectivity index (χ3n) is 2.53. The second kappa shape index (κ2) is 4.83. The monoisotopic (exact) mass is 226 g/mol. The van der Waals surface area contributed by atoms with E-state index in [0.29, 0.717) is 11.3 Å². The maximum absolute atomic E-state index is 11.9. The number of benzene rings is 1. The first-order chi connectivity index (χ1) is 8.16. The standard InChI is InChI=1S/C15H14O2/c1-11-10-14(12(2)17-11)15(16)9-8-13-6-4-3-5-7-13/h3-10H,1-2H3. The minimum absolute atomic E-state index is 0.0248. The molecule has 0 bridgehead atoms. The van der Waals surface area contributed by atoms with Crippen LogP contribution < -0.4 is 0 Å². The van der Waals surface area contributed by atoms with Crippen molar-refractivity contribution in [2.75, 3.05) is 0 Å². The highest BCUT2D eigenvalue weighted by Gasteiger charge is 2.10. The quantitative estimate of drug-likeness (QED) is 0.588. The van der Waals surface area contributed by atoms with Gasteiger partial charge in [-0.15, -0.1) is 0 Å². The van der Waals surface area contributed by atoms with E-state index in [4.69, 9.17) is 4.42 Å². The molecule has 0 amide bonds. The van der Waals surface area contributed by atoms with Crippen LogP contribution in [0.1, 0.15) is 27.4 Å². The molecule has 0 N–H and O–H groups in total. The van der Waals surface area contributed by atoms with Crippen LogP contribution in [0.25, 0.3) is 6.08 Å². The molecule has 0 aliphatic heterocycles. The van der Waals surface area contributed by atoms with Crippen molar-refractivity contribution < 1.29 is 9.21 Å². The zero-order valence-electron chi connectivity index (χ0n) is 9.94. The first-order valence-electron chi connectivity index (χ1n) is 5.51. The summed E-state index contributed by atoms with van der Waals surface area (Å²) in [6, 6.07) is 11.5. The first-order valence-corrected chi connectivity index (χ1v) is 5.51. The fourth-order valence-corrected chi connectivity index (χ4v) is 1.70. The molecule has 0 saturated carbocycles. The Balaban J connectivity index is 2.18. The molecule has 2 nitrogen and oxygen atoms in total. The van der Waals surface area contributed by atoms with Crippen LogP contribution in [0.15, 0.2) is 46.9 Å². The molecule has 17 heavy (non-hydrogen) atoms. The zero-order valence-corrected chi connectivity index (χ0v) is 9.94. The Labute approximate surface area is 101 Å². The van der Waals surface area contributed by atoms with Crippen molar-refractivity contribution in [2.45, 2.75) is 13.8 Å². The molecule has 86 valence electrons. The molecule has 0 fully saturated rings. The van der Waals surface area contributed by atoms with Crippen molar-refractivity contribution in [3.05, 3.63) is 65.1 Å². The smallest absolute Gasteiger partial charge is 0.189 e. The molecule has 0 radical (unpaired) electrons. The summed E-state index contributed by atoms with van der Waals surface area (Å²) < 4.78 is 5.33. The Morgan fingerprint density at radius 2 is 1.88 bits per heavy atom. The lowest BCUT2D eigenvalue weighted by Crippen LogP contribution is -1.93. The number of ketones is 1. The second-order valence-electron chi connectivity index (χ2n) is 3.94. The maximum Gasteiger partial charge on any atom is 0.189 e. The van der Waals surface area contributed by atoms with Gasteiger partial charge < -0.3 is 4.42 Å². The third-order valence-corrected chi connectivity index (χ3v) is 2.53. The van der Waals surface area contributed by atoms with E-state index in [1.54, 1.807) is 19.1 Å². The first kappa shape index (κ1) is 11.4. The Kier molecular flexibility index (Phi) is 3.24. The molecule has 0 saturated heterocycles. The predicted octanol–water partition coefficient (Wildman–Crippen LogP) is 3.79. The summed E-state index contributed by atoms with van der Waals surface area (Å²) >= 11 is 0. The van der Waals surface area contributed by atoms with E-state index in [1.807, 2.05) is 43.3 Å². The van der Waals surface area contributed by atoms with Gasteiger partial charge in [0.2, 0.25) is 0 Å². The van der Waals surface area contributed by atoms with Gasteiger partial charge in [-0.25, -0.2) is 0 Å². The lowest BCUT2D eigenvalue weighted by Gasteiger charge is -1.92. The molecule has 0 aliphatic rings. The number of allylic oxidation sites excluding steroid dienone is 1. The summed E-state index contributed by atoms with van der Waals surface area (Å²) in [6.45, 7) is 3.64. The Hall–Kier alpha value is -2.09. The van der Waals surface area contributed by atoms with E-state index >= 15 is 0 Å². The highest BCUT2D eigenvalue weighted by Crippen LogP contribution is 2.15. The zero-order chi connectivity index (χ0) is 12.3. The molecule has 1 aromatic carbocycles. The number of hydrogen-bond acceptors (Lipinski definition) is 2. The number of aryl methyl sites for hydroxylation is 2. The molecule has 2 aromatic rings. The average Bonchev–Trinajstić information content (AvgIpc) is 2.67. The fourth-order valence-electron chi connectivity index (χ4n) is 1.70. The van der Waals surface area contributed by atoms with Gasteiger partial charge in [0.05, 0.1) is 5.56 Å². The van der Waals surface area contributed by atoms with Gasteiger partial charge >= 0.3 is 0 Å². The fraction of sp³-hybridized carbons (Fsp3) is 0.133. The lowest BCUT2D eigenvalue weighted by molar-refractivity contribution is 0.104. The molecule has 1 aromatic heterocycles. The lowest BCUT2D eigenvalue weighted by atomic mass is 10.1. The van der Waals surface area contributed by atoms with Crippen LogP contribution in [0.4, 0.5) is 0 Å². The van der Waals surface area contributed by atoms with Crippen LogP contribution in [0.3, 0.4) is 0 Å². The van der Waals surface area contributed by atoms with Crippen molar-refractivity contribution in [1.82, 2.24) is 0 Å². The van der Waals surface area contributed by atoms with Crippen molar-refractivity contribution in [1.29, 1.82) is 0 Å². The molecule has 0 atom stereocenters. The Morgan fingerprint density at radius 1 is 1.18 bits per heavy atom. The molecule has 0 aliphatic carbocycles. The summed E-state index contributed by atoms with van der Waals surface area (Å²) in [5.41, 5.74) is 1.65. The van der Waals surface area contributed by atoms with Gasteiger partial charge in [-0.3, -0.25) is 4.79 Å². The predicted molar refractivity (Wildman–Crippen MR) is 68.0 cm³/mol. The summed E-state index contributed by atoms with van der Waals surface area (Å²) in [4.78, 5) is 11.9. The van der Waals surface area contributed by atoms with E-state index < -0.39 is 0 Å². The van der Waals surface area contributed by atoms with Gasteiger partial charge in [-0.05, 0) is 31.6 Å². The third kappa shape index (κ3) is 2.72. The topological polar surface area (TPSA) is 30.2 Å². The summed E-state index contributed by atoms with van der Waals surface area (Å²) in [6.07, 6.45) is 3.39. The Morgan fingerprint density at radius 3 is 2.47 bits per heavy atom. The molecule has 0 unspecified atom stereocenters. The molecular formula is C15H14O2. The van der Waals surface area contributed by atoms with Gasteiger partial charge in [-0.2, -0.15) is 0 Å². The van der Waals surface area contributed by atoms with Crippen molar-refractivity contribution in [3.8, 4) is 0 Å². The minimum atomic E-state index is -0.0248. The average molecular weight is 226 g/mol. The largest absolute Gasteiger partial charge is 0.466 e. The summed E-state index contributed by atoms with van der Waals surface area (Å²) in [5, 5.41) is 0. The van der Waals surface area contributed by atoms with Gasteiger partial charge in [-0.1, -0.05) is 36.4 Å². The highest BCUT2D eigenvalue weighted by molar-refractivity contribution is 6.07. The van der Waals surface area contributed by atoms with Crippen LogP contribution >= 0.6 is 0 Å². The molecule has 0 spiro atoms. The molecule has 1 heterocycles. The van der Waals surface area contributed by atoms with Crippen molar-refractivity contribution in [2.24, 2.45) is 0 Å². The van der Waals surface area contributed by atoms with Crippen LogP contribution in [0, 0.1) is 13.8 Å². The molecule has 2 heteroatoms. The van der Waals surface area contributed by atoms with Crippen molar-refractivity contribution in [3.63, 3.8) is 0 Å².